The number of nitrogens with one attached hydrogen (secondary N) is 1. The topological polar surface area (TPSA) is 30.5 Å². The Morgan fingerprint density at radius 2 is 2.00 bits per heavy atom. The lowest BCUT2D eigenvalue weighted by Gasteiger charge is -2.16. The fourth-order valence-electron chi connectivity index (χ4n) is 1.97. The first kappa shape index (κ1) is 13.2. The molecule has 1 aliphatic rings. The largest absolute Gasteiger partial charge is 0.493 e. The monoisotopic (exact) mass is 249 g/mol. The average molecular weight is 249 g/mol. The van der Waals surface area contributed by atoms with Crippen LogP contribution < -0.4 is 14.8 Å². The zero-order valence-electron chi connectivity index (χ0n) is 11.3. The molecule has 1 aromatic rings. The van der Waals surface area contributed by atoms with Crippen molar-refractivity contribution in [1.82, 2.24) is 5.32 Å². The molecule has 1 unspecified atom stereocenters. The van der Waals surface area contributed by atoms with E-state index < -0.39 is 0 Å². The van der Waals surface area contributed by atoms with Crippen LogP contribution in [0.15, 0.2) is 24.3 Å². The molecule has 0 aliphatic heterocycles. The van der Waals surface area contributed by atoms with Gasteiger partial charge in [0.15, 0.2) is 11.5 Å². The van der Waals surface area contributed by atoms with Gasteiger partial charge in [-0.05, 0) is 51.3 Å². The number of methoxy groups -OCH3 is 1. The van der Waals surface area contributed by atoms with E-state index in [1.807, 2.05) is 24.3 Å². The van der Waals surface area contributed by atoms with Gasteiger partial charge in [0.2, 0.25) is 0 Å². The SMILES string of the molecule is COc1ccccc1OC(C)CCCNC1CC1. The molecule has 0 aromatic heterocycles. The van der Waals surface area contributed by atoms with Crippen LogP contribution in [0.3, 0.4) is 0 Å². The summed E-state index contributed by atoms with van der Waals surface area (Å²) in [5, 5.41) is 3.52. The van der Waals surface area contributed by atoms with Crippen LogP contribution in [0, 0.1) is 0 Å². The summed E-state index contributed by atoms with van der Waals surface area (Å²) in [5.41, 5.74) is 0. The maximum absolute atomic E-state index is 5.91. The smallest absolute Gasteiger partial charge is 0.161 e. The predicted octanol–water partition coefficient (Wildman–Crippen LogP) is 2.99. The van der Waals surface area contributed by atoms with Gasteiger partial charge in [-0.25, -0.2) is 0 Å². The Balaban J connectivity index is 1.70. The highest BCUT2D eigenvalue weighted by atomic mass is 16.5. The van der Waals surface area contributed by atoms with Crippen molar-refractivity contribution >= 4 is 0 Å². The minimum atomic E-state index is 0.224. The highest BCUT2D eigenvalue weighted by molar-refractivity contribution is 5.39. The predicted molar refractivity (Wildman–Crippen MR) is 73.3 cm³/mol. The Hall–Kier alpha value is -1.22. The molecule has 100 valence electrons. The summed E-state index contributed by atoms with van der Waals surface area (Å²) in [6.45, 7) is 3.22. The van der Waals surface area contributed by atoms with Crippen LogP contribution in [0.1, 0.15) is 32.6 Å². The van der Waals surface area contributed by atoms with E-state index in [-0.39, 0.29) is 6.10 Å². The normalized spacial score (nSPS) is 16.3. The summed E-state index contributed by atoms with van der Waals surface area (Å²) >= 11 is 0. The molecule has 1 aromatic carbocycles. The third-order valence-electron chi connectivity index (χ3n) is 3.20. The molecule has 3 heteroatoms. The molecule has 0 amide bonds. The number of ether oxygens (including phenoxy) is 2. The van der Waals surface area contributed by atoms with E-state index in [9.17, 15) is 0 Å². The molecule has 0 bridgehead atoms. The molecule has 0 radical (unpaired) electrons. The Morgan fingerprint density at radius 1 is 1.28 bits per heavy atom. The molecule has 0 saturated heterocycles. The summed E-state index contributed by atoms with van der Waals surface area (Å²) in [6, 6.07) is 8.61. The minimum Gasteiger partial charge on any atom is -0.493 e. The average Bonchev–Trinajstić information content (AvgIpc) is 3.19. The van der Waals surface area contributed by atoms with Gasteiger partial charge in [0.25, 0.3) is 0 Å². The van der Waals surface area contributed by atoms with Gasteiger partial charge in [0.1, 0.15) is 0 Å². The first-order chi connectivity index (χ1) is 8.79. The molecule has 0 heterocycles. The second-order valence-corrected chi connectivity index (χ2v) is 4.95. The quantitative estimate of drug-likeness (QED) is 0.718. The summed E-state index contributed by atoms with van der Waals surface area (Å²) in [7, 11) is 1.67. The second-order valence-electron chi connectivity index (χ2n) is 4.95. The molecule has 1 N–H and O–H groups in total. The number of para-hydroxylation sites is 2. The lowest BCUT2D eigenvalue weighted by atomic mass is 10.2. The van der Waals surface area contributed by atoms with Crippen molar-refractivity contribution in [3.05, 3.63) is 24.3 Å². The summed E-state index contributed by atoms with van der Waals surface area (Å²) in [5.74, 6) is 1.64. The molecule has 1 aliphatic carbocycles. The number of hydrogen-bond donors (Lipinski definition) is 1. The standard InChI is InChI=1S/C15H23NO2/c1-12(6-5-11-16-13-9-10-13)18-15-8-4-3-7-14(15)17-2/h3-4,7-8,12-13,16H,5-6,9-11H2,1-2H3. The number of hydrogen-bond acceptors (Lipinski definition) is 3. The van der Waals surface area contributed by atoms with Gasteiger partial charge in [0.05, 0.1) is 13.2 Å². The van der Waals surface area contributed by atoms with E-state index in [0.717, 1.165) is 36.9 Å². The molecule has 3 nitrogen and oxygen atoms in total. The molecule has 1 saturated carbocycles. The van der Waals surface area contributed by atoms with Gasteiger partial charge in [-0.15, -0.1) is 0 Å². The molecule has 18 heavy (non-hydrogen) atoms. The Bertz CT molecular complexity index is 363. The maximum atomic E-state index is 5.91. The zero-order chi connectivity index (χ0) is 12.8. The lowest BCUT2D eigenvalue weighted by Crippen LogP contribution is -2.20. The van der Waals surface area contributed by atoms with Crippen LogP contribution >= 0.6 is 0 Å². The second kappa shape index (κ2) is 6.64. The van der Waals surface area contributed by atoms with Crippen LogP contribution in [0.25, 0.3) is 0 Å². The van der Waals surface area contributed by atoms with Crippen molar-refractivity contribution in [2.24, 2.45) is 0 Å². The van der Waals surface area contributed by atoms with Gasteiger partial charge in [-0.3, -0.25) is 0 Å². The molecule has 2 rings (SSSR count). The van der Waals surface area contributed by atoms with E-state index in [0.29, 0.717) is 0 Å². The number of benzene rings is 1. The van der Waals surface area contributed by atoms with Crippen molar-refractivity contribution < 1.29 is 9.47 Å². The maximum Gasteiger partial charge on any atom is 0.161 e. The van der Waals surface area contributed by atoms with Crippen LogP contribution in [0.4, 0.5) is 0 Å². The Kier molecular flexibility index (Phi) is 4.88. The van der Waals surface area contributed by atoms with Crippen molar-refractivity contribution in [2.75, 3.05) is 13.7 Å². The van der Waals surface area contributed by atoms with Crippen molar-refractivity contribution in [3.63, 3.8) is 0 Å². The van der Waals surface area contributed by atoms with Crippen molar-refractivity contribution in [1.29, 1.82) is 0 Å². The summed E-state index contributed by atoms with van der Waals surface area (Å²) in [4.78, 5) is 0. The van der Waals surface area contributed by atoms with Crippen LogP contribution in [0.2, 0.25) is 0 Å². The van der Waals surface area contributed by atoms with Crippen LogP contribution in [0.5, 0.6) is 11.5 Å². The third kappa shape index (κ3) is 4.22. The van der Waals surface area contributed by atoms with Crippen LogP contribution in [-0.2, 0) is 0 Å². The highest BCUT2D eigenvalue weighted by Gasteiger charge is 2.19. The highest BCUT2D eigenvalue weighted by Crippen LogP contribution is 2.27. The number of rotatable bonds is 8. The van der Waals surface area contributed by atoms with Crippen molar-refractivity contribution in [3.8, 4) is 11.5 Å². The first-order valence-electron chi connectivity index (χ1n) is 6.82. The van der Waals surface area contributed by atoms with E-state index in [1.165, 1.54) is 12.8 Å². The van der Waals surface area contributed by atoms with E-state index in [4.69, 9.17) is 9.47 Å². The van der Waals surface area contributed by atoms with Gasteiger partial charge in [-0.1, -0.05) is 12.1 Å². The summed E-state index contributed by atoms with van der Waals surface area (Å²) in [6.07, 6.45) is 5.16. The van der Waals surface area contributed by atoms with Crippen molar-refractivity contribution in [2.45, 2.75) is 44.8 Å². The van der Waals surface area contributed by atoms with Gasteiger partial charge < -0.3 is 14.8 Å². The fraction of sp³-hybridized carbons (Fsp3) is 0.600. The van der Waals surface area contributed by atoms with Gasteiger partial charge >= 0.3 is 0 Å². The molecular formula is C15H23NO2. The van der Waals surface area contributed by atoms with Gasteiger partial charge in [-0.2, -0.15) is 0 Å². The zero-order valence-corrected chi connectivity index (χ0v) is 11.3. The first-order valence-corrected chi connectivity index (χ1v) is 6.82. The lowest BCUT2D eigenvalue weighted by molar-refractivity contribution is 0.198. The minimum absolute atomic E-state index is 0.224. The molecular weight excluding hydrogens is 226 g/mol. The Morgan fingerprint density at radius 3 is 2.67 bits per heavy atom. The molecule has 1 fully saturated rings. The van der Waals surface area contributed by atoms with Gasteiger partial charge in [0, 0.05) is 6.04 Å². The third-order valence-corrected chi connectivity index (χ3v) is 3.20. The molecule has 1 atom stereocenters. The van der Waals surface area contributed by atoms with Crippen LogP contribution in [-0.4, -0.2) is 25.8 Å². The van der Waals surface area contributed by atoms with E-state index >= 15 is 0 Å². The summed E-state index contributed by atoms with van der Waals surface area (Å²) < 4.78 is 11.2. The molecule has 0 spiro atoms. The van der Waals surface area contributed by atoms with E-state index in [2.05, 4.69) is 12.2 Å². The van der Waals surface area contributed by atoms with E-state index in [1.54, 1.807) is 7.11 Å². The fourth-order valence-corrected chi connectivity index (χ4v) is 1.97. The Labute approximate surface area is 109 Å².